The van der Waals surface area contributed by atoms with E-state index in [1.54, 1.807) is 35.2 Å². The summed E-state index contributed by atoms with van der Waals surface area (Å²) in [6, 6.07) is 13.7. The van der Waals surface area contributed by atoms with Crippen molar-refractivity contribution in [2.45, 2.75) is 12.5 Å². The number of carbonyl (C=O) groups excluding carboxylic acids is 1. The molecule has 0 aliphatic carbocycles. The molecular formula is C18H18Cl2N2O3S. The second kappa shape index (κ2) is 7.86. The number of sulfone groups is 1. The lowest BCUT2D eigenvalue weighted by molar-refractivity contribution is -0.117. The lowest BCUT2D eigenvalue weighted by Crippen LogP contribution is -2.44. The summed E-state index contributed by atoms with van der Waals surface area (Å²) >= 11 is 12.1. The molecule has 1 N–H and O–H groups in total. The van der Waals surface area contributed by atoms with Gasteiger partial charge in [0.1, 0.15) is 0 Å². The number of hydrogen-bond acceptors (Lipinski definition) is 4. The molecule has 5 nitrogen and oxygen atoms in total. The predicted molar refractivity (Wildman–Crippen MR) is 106 cm³/mol. The van der Waals surface area contributed by atoms with Gasteiger partial charge in [-0.3, -0.25) is 4.79 Å². The van der Waals surface area contributed by atoms with Crippen molar-refractivity contribution in [3.8, 4) is 0 Å². The Bertz CT molecular complexity index is 904. The van der Waals surface area contributed by atoms with E-state index in [4.69, 9.17) is 23.2 Å². The Morgan fingerprint density at radius 3 is 2.54 bits per heavy atom. The molecule has 0 bridgehead atoms. The first kappa shape index (κ1) is 19.0. The zero-order chi connectivity index (χ0) is 18.7. The van der Waals surface area contributed by atoms with Crippen molar-refractivity contribution in [1.82, 2.24) is 0 Å². The van der Waals surface area contributed by atoms with Crippen LogP contribution in [0.3, 0.4) is 0 Å². The number of nitrogens with zero attached hydrogens (tertiary/aromatic N) is 1. The Hall–Kier alpha value is -1.76. The molecule has 0 saturated carbocycles. The molecule has 1 unspecified atom stereocenters. The number of hydrogen-bond donors (Lipinski definition) is 1. The summed E-state index contributed by atoms with van der Waals surface area (Å²) in [5, 5.41) is 3.95. The number of benzene rings is 2. The molecule has 1 amide bonds. The molecule has 138 valence electrons. The predicted octanol–water partition coefficient (Wildman–Crippen LogP) is 3.63. The van der Waals surface area contributed by atoms with Gasteiger partial charge in [-0.15, -0.1) is 0 Å². The molecule has 1 atom stereocenters. The minimum absolute atomic E-state index is 0.0223. The van der Waals surface area contributed by atoms with Crippen LogP contribution >= 0.6 is 23.2 Å². The lowest BCUT2D eigenvalue weighted by atomic mass is 10.1. The zero-order valence-corrected chi connectivity index (χ0v) is 16.2. The molecule has 0 radical (unpaired) electrons. The first-order valence-electron chi connectivity index (χ1n) is 8.12. The van der Waals surface area contributed by atoms with E-state index in [1.165, 1.54) is 0 Å². The van der Waals surface area contributed by atoms with E-state index in [0.29, 0.717) is 27.8 Å². The average Bonchev–Trinajstić information content (AvgIpc) is 2.96. The highest BCUT2D eigenvalue weighted by Gasteiger charge is 2.35. The largest absolute Gasteiger partial charge is 0.375 e. The molecule has 3 rings (SSSR count). The van der Waals surface area contributed by atoms with Crippen molar-refractivity contribution in [3.63, 3.8) is 0 Å². The molecule has 0 aromatic heterocycles. The molecule has 1 saturated heterocycles. The van der Waals surface area contributed by atoms with Gasteiger partial charge in [-0.25, -0.2) is 8.42 Å². The number of carbonyl (C=O) groups is 1. The van der Waals surface area contributed by atoms with Crippen LogP contribution in [0.1, 0.15) is 6.42 Å². The number of anilines is 2. The van der Waals surface area contributed by atoms with Crippen LogP contribution < -0.4 is 10.2 Å². The summed E-state index contributed by atoms with van der Waals surface area (Å²) in [6.07, 6.45) is 0.431. The average molecular weight is 413 g/mol. The van der Waals surface area contributed by atoms with E-state index in [9.17, 15) is 13.2 Å². The molecule has 1 heterocycles. The van der Waals surface area contributed by atoms with Crippen LogP contribution in [0.5, 0.6) is 0 Å². The van der Waals surface area contributed by atoms with Crippen molar-refractivity contribution in [3.05, 3.63) is 58.6 Å². The standard InChI is InChI=1S/C18H18Cl2N2O3S/c19-13-6-7-16(20)17(10-13)21-11-18(23)22(14-4-2-1-3-5-14)15-8-9-26(24,25)12-15/h1-7,10,15,21H,8-9,11-12H2. The Balaban J connectivity index is 1.80. The molecule has 2 aromatic rings. The van der Waals surface area contributed by atoms with Crippen molar-refractivity contribution < 1.29 is 13.2 Å². The lowest BCUT2D eigenvalue weighted by Gasteiger charge is -2.28. The monoisotopic (exact) mass is 412 g/mol. The molecule has 0 spiro atoms. The molecule has 1 aliphatic rings. The van der Waals surface area contributed by atoms with Crippen molar-refractivity contribution in [1.29, 1.82) is 0 Å². The van der Waals surface area contributed by atoms with Gasteiger partial charge in [0.05, 0.1) is 34.8 Å². The van der Waals surface area contributed by atoms with Crippen LogP contribution in [0.15, 0.2) is 48.5 Å². The Morgan fingerprint density at radius 1 is 1.15 bits per heavy atom. The summed E-state index contributed by atoms with van der Waals surface area (Å²) in [5.74, 6) is -0.151. The van der Waals surface area contributed by atoms with Crippen LogP contribution in [0, 0.1) is 0 Å². The maximum Gasteiger partial charge on any atom is 0.246 e. The SMILES string of the molecule is O=C(CNc1cc(Cl)ccc1Cl)N(c1ccccc1)C1CCS(=O)(=O)C1. The topological polar surface area (TPSA) is 66.5 Å². The highest BCUT2D eigenvalue weighted by atomic mass is 35.5. The number of para-hydroxylation sites is 1. The first-order valence-corrected chi connectivity index (χ1v) is 10.7. The van der Waals surface area contributed by atoms with Crippen LogP contribution in [-0.2, 0) is 14.6 Å². The van der Waals surface area contributed by atoms with Gasteiger partial charge in [0.25, 0.3) is 0 Å². The normalized spacial score (nSPS) is 18.5. The third-order valence-corrected chi connectivity index (χ3v) is 6.55. The third kappa shape index (κ3) is 4.50. The molecule has 8 heteroatoms. The quantitative estimate of drug-likeness (QED) is 0.813. The van der Waals surface area contributed by atoms with Crippen molar-refractivity contribution in [2.75, 3.05) is 28.3 Å². The van der Waals surface area contributed by atoms with Gasteiger partial charge in [-0.05, 0) is 36.8 Å². The van der Waals surface area contributed by atoms with E-state index in [1.807, 2.05) is 18.2 Å². The summed E-state index contributed by atoms with van der Waals surface area (Å²) in [4.78, 5) is 14.5. The Labute approximate surface area is 162 Å². The van der Waals surface area contributed by atoms with Gasteiger partial charge in [-0.1, -0.05) is 41.4 Å². The highest BCUT2D eigenvalue weighted by Crippen LogP contribution is 2.27. The number of amides is 1. The number of rotatable bonds is 5. The van der Waals surface area contributed by atoms with Gasteiger partial charge in [0.2, 0.25) is 5.91 Å². The molecule has 1 fully saturated rings. The van der Waals surface area contributed by atoms with Gasteiger partial charge < -0.3 is 10.2 Å². The van der Waals surface area contributed by atoms with E-state index in [2.05, 4.69) is 5.32 Å². The van der Waals surface area contributed by atoms with E-state index < -0.39 is 9.84 Å². The molecule has 1 aliphatic heterocycles. The zero-order valence-electron chi connectivity index (χ0n) is 13.9. The molecule has 26 heavy (non-hydrogen) atoms. The fraction of sp³-hybridized carbons (Fsp3) is 0.278. The Kier molecular flexibility index (Phi) is 5.75. The maximum atomic E-state index is 12.9. The van der Waals surface area contributed by atoms with Crippen LogP contribution in [0.25, 0.3) is 0 Å². The molecular weight excluding hydrogens is 395 g/mol. The van der Waals surface area contributed by atoms with Gasteiger partial charge in [-0.2, -0.15) is 0 Å². The summed E-state index contributed by atoms with van der Waals surface area (Å²) < 4.78 is 23.8. The van der Waals surface area contributed by atoms with Crippen LogP contribution in [0.4, 0.5) is 11.4 Å². The fourth-order valence-corrected chi connectivity index (χ4v) is 5.07. The summed E-state index contributed by atoms with van der Waals surface area (Å²) in [6.45, 7) is -0.0223. The van der Waals surface area contributed by atoms with Crippen molar-refractivity contribution in [2.24, 2.45) is 0 Å². The Morgan fingerprint density at radius 2 is 1.88 bits per heavy atom. The van der Waals surface area contributed by atoms with Gasteiger partial charge in [0.15, 0.2) is 9.84 Å². The van der Waals surface area contributed by atoms with Gasteiger partial charge in [0, 0.05) is 10.7 Å². The highest BCUT2D eigenvalue weighted by molar-refractivity contribution is 7.91. The van der Waals surface area contributed by atoms with E-state index >= 15 is 0 Å². The minimum Gasteiger partial charge on any atom is -0.375 e. The third-order valence-electron chi connectivity index (χ3n) is 4.24. The molecule has 2 aromatic carbocycles. The summed E-state index contributed by atoms with van der Waals surface area (Å²) in [7, 11) is -3.11. The first-order chi connectivity index (χ1) is 12.4. The second-order valence-corrected chi connectivity index (χ2v) is 9.21. The van der Waals surface area contributed by atoms with E-state index in [0.717, 1.165) is 0 Å². The van der Waals surface area contributed by atoms with Gasteiger partial charge >= 0.3 is 0 Å². The van der Waals surface area contributed by atoms with E-state index in [-0.39, 0.29) is 30.0 Å². The smallest absolute Gasteiger partial charge is 0.246 e. The minimum atomic E-state index is -3.11. The van der Waals surface area contributed by atoms with Crippen LogP contribution in [-0.4, -0.2) is 38.4 Å². The van der Waals surface area contributed by atoms with Crippen LogP contribution in [0.2, 0.25) is 10.0 Å². The van der Waals surface area contributed by atoms with Crippen molar-refractivity contribution >= 4 is 50.3 Å². The maximum absolute atomic E-state index is 12.9. The summed E-state index contributed by atoms with van der Waals surface area (Å²) in [5.41, 5.74) is 1.23. The second-order valence-electron chi connectivity index (χ2n) is 6.13. The number of halogens is 2. The fourth-order valence-electron chi connectivity index (χ4n) is 3.02. The number of nitrogens with one attached hydrogen (secondary N) is 1.